The van der Waals surface area contributed by atoms with Gasteiger partial charge in [0, 0.05) is 7.11 Å². The molecule has 0 bridgehead atoms. The van der Waals surface area contributed by atoms with E-state index >= 15 is 0 Å². The highest BCUT2D eigenvalue weighted by Gasteiger charge is 2.21. The van der Waals surface area contributed by atoms with Crippen molar-refractivity contribution in [2.75, 3.05) is 20.8 Å². The highest BCUT2D eigenvalue weighted by Crippen LogP contribution is 2.21. The summed E-state index contributed by atoms with van der Waals surface area (Å²) in [6, 6.07) is 7.45. The van der Waals surface area contributed by atoms with Gasteiger partial charge in [0.25, 0.3) is 0 Å². The van der Waals surface area contributed by atoms with Crippen molar-refractivity contribution < 1.29 is 19.0 Å². The molecule has 0 aliphatic heterocycles. The Kier molecular flexibility index (Phi) is 5.54. The van der Waals surface area contributed by atoms with E-state index in [2.05, 4.69) is 27.3 Å². The zero-order valence-corrected chi connectivity index (χ0v) is 11.3. The van der Waals surface area contributed by atoms with Crippen molar-refractivity contribution in [2.45, 2.75) is 6.10 Å². The summed E-state index contributed by atoms with van der Waals surface area (Å²) in [5.74, 6) is 0.206. The van der Waals surface area contributed by atoms with E-state index in [1.807, 2.05) is 18.2 Å². The number of benzene rings is 1. The van der Waals surface area contributed by atoms with Gasteiger partial charge in [-0.3, -0.25) is 0 Å². The highest BCUT2D eigenvalue weighted by molar-refractivity contribution is 14.1. The van der Waals surface area contributed by atoms with Crippen LogP contribution < -0.4 is 4.74 Å². The Labute approximate surface area is 108 Å². The fraction of sp³-hybridized carbons (Fsp3) is 0.364. The van der Waals surface area contributed by atoms with E-state index in [1.54, 1.807) is 6.07 Å². The molecule has 88 valence electrons. The molecule has 0 radical (unpaired) electrons. The van der Waals surface area contributed by atoms with Gasteiger partial charge in [-0.25, -0.2) is 4.79 Å². The number of methoxy groups -OCH3 is 2. The Morgan fingerprint density at radius 3 is 2.62 bits per heavy atom. The molecule has 0 amide bonds. The molecular formula is C11H13IO4. The number of carbonyl (C=O) groups excluding carboxylic acids is 1. The molecule has 0 heterocycles. The van der Waals surface area contributed by atoms with Crippen molar-refractivity contribution in [1.29, 1.82) is 0 Å². The first kappa shape index (κ1) is 13.2. The van der Waals surface area contributed by atoms with Crippen molar-refractivity contribution in [3.63, 3.8) is 0 Å². The summed E-state index contributed by atoms with van der Waals surface area (Å²) < 4.78 is 16.0. The van der Waals surface area contributed by atoms with Crippen LogP contribution in [0.15, 0.2) is 24.3 Å². The van der Waals surface area contributed by atoms with Crippen molar-refractivity contribution in [1.82, 2.24) is 0 Å². The molecule has 16 heavy (non-hydrogen) atoms. The van der Waals surface area contributed by atoms with Gasteiger partial charge in [-0.2, -0.15) is 0 Å². The van der Waals surface area contributed by atoms with Crippen LogP contribution in [0.3, 0.4) is 0 Å². The third-order valence-corrected chi connectivity index (χ3v) is 2.78. The second-order valence-corrected chi connectivity index (χ2v) is 4.18. The molecule has 0 N–H and O–H groups in total. The number of esters is 1. The first-order valence-electron chi connectivity index (χ1n) is 4.67. The largest absolute Gasteiger partial charge is 0.475 e. The lowest BCUT2D eigenvalue weighted by atomic mass is 10.3. The van der Waals surface area contributed by atoms with E-state index in [1.165, 1.54) is 14.2 Å². The molecule has 1 rings (SSSR count). The number of halogens is 1. The van der Waals surface area contributed by atoms with Crippen LogP contribution in [0.25, 0.3) is 0 Å². The molecule has 0 spiro atoms. The SMILES string of the molecule is COCC(Oc1ccccc1I)C(=O)OC. The average Bonchev–Trinajstić information content (AvgIpc) is 2.30. The average molecular weight is 336 g/mol. The fourth-order valence-electron chi connectivity index (χ4n) is 1.13. The molecule has 0 aromatic heterocycles. The molecule has 0 fully saturated rings. The summed E-state index contributed by atoms with van der Waals surface area (Å²) in [5.41, 5.74) is 0. The highest BCUT2D eigenvalue weighted by atomic mass is 127. The topological polar surface area (TPSA) is 44.8 Å². The van der Waals surface area contributed by atoms with Crippen LogP contribution in [-0.4, -0.2) is 32.9 Å². The van der Waals surface area contributed by atoms with Gasteiger partial charge in [0.15, 0.2) is 0 Å². The maximum absolute atomic E-state index is 11.4. The summed E-state index contributed by atoms with van der Waals surface area (Å²) in [4.78, 5) is 11.4. The number of rotatable bonds is 5. The van der Waals surface area contributed by atoms with Gasteiger partial charge in [-0.05, 0) is 34.7 Å². The Bertz CT molecular complexity index is 354. The Balaban J connectivity index is 2.75. The third kappa shape index (κ3) is 3.64. The second-order valence-electron chi connectivity index (χ2n) is 3.02. The maximum Gasteiger partial charge on any atom is 0.349 e. The molecule has 0 aliphatic rings. The summed E-state index contributed by atoms with van der Waals surface area (Å²) in [7, 11) is 2.83. The number of para-hydroxylation sites is 1. The van der Waals surface area contributed by atoms with Gasteiger partial charge in [0.05, 0.1) is 17.3 Å². The molecule has 0 aliphatic carbocycles. The minimum atomic E-state index is -0.731. The molecule has 1 unspecified atom stereocenters. The number of hydrogen-bond donors (Lipinski definition) is 0. The quantitative estimate of drug-likeness (QED) is 0.608. The van der Waals surface area contributed by atoms with Gasteiger partial charge in [-0.1, -0.05) is 12.1 Å². The van der Waals surface area contributed by atoms with Crippen LogP contribution in [0.1, 0.15) is 0 Å². The molecule has 1 aromatic carbocycles. The van der Waals surface area contributed by atoms with Crippen molar-refractivity contribution in [2.24, 2.45) is 0 Å². The van der Waals surface area contributed by atoms with Gasteiger partial charge in [0.1, 0.15) is 5.75 Å². The van der Waals surface area contributed by atoms with E-state index in [4.69, 9.17) is 9.47 Å². The molecule has 5 heteroatoms. The lowest BCUT2D eigenvalue weighted by Gasteiger charge is -2.16. The maximum atomic E-state index is 11.4. The van der Waals surface area contributed by atoms with E-state index in [0.717, 1.165) is 3.57 Å². The zero-order chi connectivity index (χ0) is 12.0. The summed E-state index contributed by atoms with van der Waals surface area (Å²) in [5, 5.41) is 0. The van der Waals surface area contributed by atoms with Gasteiger partial charge in [0.2, 0.25) is 6.10 Å². The van der Waals surface area contributed by atoms with Crippen LogP contribution in [0.5, 0.6) is 5.75 Å². The van der Waals surface area contributed by atoms with Gasteiger partial charge >= 0.3 is 5.97 Å². The Hall–Kier alpha value is -0.820. The van der Waals surface area contributed by atoms with E-state index < -0.39 is 12.1 Å². The van der Waals surface area contributed by atoms with E-state index in [0.29, 0.717) is 5.75 Å². The first-order chi connectivity index (χ1) is 7.69. The lowest BCUT2D eigenvalue weighted by Crippen LogP contribution is -2.33. The standard InChI is InChI=1S/C11H13IO4/c1-14-7-10(11(13)15-2)16-9-6-4-3-5-8(9)12/h3-6,10H,7H2,1-2H3. The van der Waals surface area contributed by atoms with Crippen LogP contribution in [0, 0.1) is 3.57 Å². The van der Waals surface area contributed by atoms with Gasteiger partial charge in [-0.15, -0.1) is 0 Å². The van der Waals surface area contributed by atoms with Crippen LogP contribution in [0.2, 0.25) is 0 Å². The predicted molar refractivity (Wildman–Crippen MR) is 67.5 cm³/mol. The van der Waals surface area contributed by atoms with Gasteiger partial charge < -0.3 is 14.2 Å². The van der Waals surface area contributed by atoms with Crippen molar-refractivity contribution in [3.05, 3.63) is 27.8 Å². The smallest absolute Gasteiger partial charge is 0.349 e. The van der Waals surface area contributed by atoms with Crippen molar-refractivity contribution >= 4 is 28.6 Å². The van der Waals surface area contributed by atoms with Crippen LogP contribution in [0.4, 0.5) is 0 Å². The second kappa shape index (κ2) is 6.70. The molecular weight excluding hydrogens is 323 g/mol. The minimum absolute atomic E-state index is 0.164. The Morgan fingerprint density at radius 2 is 2.06 bits per heavy atom. The number of carbonyl (C=O) groups is 1. The van der Waals surface area contributed by atoms with Crippen LogP contribution >= 0.6 is 22.6 Å². The normalized spacial score (nSPS) is 11.9. The summed E-state index contributed by atoms with van der Waals surface area (Å²) in [6.07, 6.45) is -0.731. The molecule has 0 saturated heterocycles. The lowest BCUT2D eigenvalue weighted by molar-refractivity contribution is -0.151. The first-order valence-corrected chi connectivity index (χ1v) is 5.75. The third-order valence-electron chi connectivity index (χ3n) is 1.89. The van der Waals surface area contributed by atoms with Crippen molar-refractivity contribution in [3.8, 4) is 5.75 Å². The van der Waals surface area contributed by atoms with Crippen LogP contribution in [-0.2, 0) is 14.3 Å². The molecule has 1 atom stereocenters. The molecule has 4 nitrogen and oxygen atoms in total. The fourth-order valence-corrected chi connectivity index (χ4v) is 1.64. The molecule has 1 aromatic rings. The van der Waals surface area contributed by atoms with E-state index in [9.17, 15) is 4.79 Å². The predicted octanol–water partition coefficient (Wildman–Crippen LogP) is 1.86. The number of ether oxygens (including phenoxy) is 3. The van der Waals surface area contributed by atoms with E-state index in [-0.39, 0.29) is 6.61 Å². The summed E-state index contributed by atoms with van der Waals surface area (Å²) in [6.45, 7) is 0.164. The number of hydrogen-bond acceptors (Lipinski definition) is 4. The molecule has 0 saturated carbocycles. The zero-order valence-electron chi connectivity index (χ0n) is 9.10. The monoisotopic (exact) mass is 336 g/mol. The minimum Gasteiger partial charge on any atom is -0.475 e. The Morgan fingerprint density at radius 1 is 1.38 bits per heavy atom. The summed E-state index contributed by atoms with van der Waals surface area (Å²) >= 11 is 2.14.